The van der Waals surface area contributed by atoms with Crippen molar-refractivity contribution >= 4 is 23.4 Å². The molecule has 96 valence electrons. The summed E-state index contributed by atoms with van der Waals surface area (Å²) in [5, 5.41) is 3.19. The number of benzene rings is 1. The molecule has 4 nitrogen and oxygen atoms in total. The molecule has 0 spiro atoms. The molecule has 1 N–H and O–H groups in total. The van der Waals surface area contributed by atoms with Gasteiger partial charge in [0.1, 0.15) is 6.04 Å². The fraction of sp³-hybridized carbons (Fsp3) is 0.385. The van der Waals surface area contributed by atoms with Crippen molar-refractivity contribution in [3.05, 3.63) is 34.9 Å². The molecule has 18 heavy (non-hydrogen) atoms. The van der Waals surface area contributed by atoms with E-state index in [9.17, 15) is 9.59 Å². The van der Waals surface area contributed by atoms with Crippen molar-refractivity contribution in [3.8, 4) is 0 Å². The van der Waals surface area contributed by atoms with Crippen LogP contribution in [-0.4, -0.2) is 35.8 Å². The Kier molecular flexibility index (Phi) is 3.87. The van der Waals surface area contributed by atoms with Crippen LogP contribution in [0.4, 0.5) is 0 Å². The lowest BCUT2D eigenvalue weighted by molar-refractivity contribution is -0.127. The molecule has 0 bridgehead atoms. The lowest BCUT2D eigenvalue weighted by atomic mass is 10.1. The van der Waals surface area contributed by atoms with Gasteiger partial charge in [0.25, 0.3) is 5.91 Å². The average Bonchev–Trinajstić information content (AvgIpc) is 2.38. The van der Waals surface area contributed by atoms with E-state index in [0.29, 0.717) is 30.1 Å². The Bertz CT molecular complexity index is 476. The largest absolute Gasteiger partial charge is 0.353 e. The normalized spacial score (nSPS) is 19.6. The van der Waals surface area contributed by atoms with Gasteiger partial charge in [0, 0.05) is 13.1 Å². The zero-order chi connectivity index (χ0) is 13.1. The van der Waals surface area contributed by atoms with Crippen molar-refractivity contribution in [2.45, 2.75) is 19.4 Å². The van der Waals surface area contributed by atoms with E-state index < -0.39 is 6.04 Å². The number of rotatable bonds is 2. The van der Waals surface area contributed by atoms with Gasteiger partial charge in [-0.25, -0.2) is 0 Å². The van der Waals surface area contributed by atoms with Crippen LogP contribution in [-0.2, 0) is 4.79 Å². The highest BCUT2D eigenvalue weighted by atomic mass is 35.5. The third kappa shape index (κ3) is 2.34. The molecule has 1 atom stereocenters. The predicted molar refractivity (Wildman–Crippen MR) is 69.6 cm³/mol. The number of halogens is 1. The van der Waals surface area contributed by atoms with Crippen LogP contribution in [0, 0.1) is 0 Å². The minimum absolute atomic E-state index is 0.0934. The van der Waals surface area contributed by atoms with E-state index in [-0.39, 0.29) is 11.8 Å². The van der Waals surface area contributed by atoms with E-state index >= 15 is 0 Å². The summed E-state index contributed by atoms with van der Waals surface area (Å²) >= 11 is 6.02. The van der Waals surface area contributed by atoms with Crippen LogP contribution in [0.15, 0.2) is 24.3 Å². The van der Waals surface area contributed by atoms with Crippen LogP contribution in [0.2, 0.25) is 5.02 Å². The van der Waals surface area contributed by atoms with Crippen LogP contribution in [0.1, 0.15) is 23.7 Å². The molecule has 1 heterocycles. The fourth-order valence-electron chi connectivity index (χ4n) is 2.15. The lowest BCUT2D eigenvalue weighted by Crippen LogP contribution is -2.56. The molecule has 1 aromatic carbocycles. The number of piperazine rings is 1. The SMILES string of the molecule is CCC1C(=O)NCCN1C(=O)c1ccccc1Cl. The minimum Gasteiger partial charge on any atom is -0.353 e. The van der Waals surface area contributed by atoms with Crippen LogP contribution in [0.25, 0.3) is 0 Å². The Balaban J connectivity index is 2.27. The predicted octanol–water partition coefficient (Wildman–Crippen LogP) is 1.69. The monoisotopic (exact) mass is 266 g/mol. The number of hydrogen-bond donors (Lipinski definition) is 1. The topological polar surface area (TPSA) is 49.4 Å². The number of hydrogen-bond acceptors (Lipinski definition) is 2. The lowest BCUT2D eigenvalue weighted by Gasteiger charge is -2.34. The van der Waals surface area contributed by atoms with Gasteiger partial charge >= 0.3 is 0 Å². The van der Waals surface area contributed by atoms with Gasteiger partial charge in [-0.2, -0.15) is 0 Å². The first-order valence-electron chi connectivity index (χ1n) is 5.98. The Morgan fingerprint density at radius 2 is 2.22 bits per heavy atom. The first kappa shape index (κ1) is 12.9. The number of carbonyl (C=O) groups is 2. The van der Waals surface area contributed by atoms with Crippen molar-refractivity contribution in [1.82, 2.24) is 10.2 Å². The van der Waals surface area contributed by atoms with Gasteiger partial charge in [-0.3, -0.25) is 9.59 Å². The molecule has 1 saturated heterocycles. The molecule has 1 fully saturated rings. The smallest absolute Gasteiger partial charge is 0.256 e. The molecule has 1 aliphatic heterocycles. The molecule has 5 heteroatoms. The van der Waals surface area contributed by atoms with Gasteiger partial charge in [-0.1, -0.05) is 30.7 Å². The summed E-state index contributed by atoms with van der Waals surface area (Å²) in [6.07, 6.45) is 0.599. The number of carbonyl (C=O) groups excluding carboxylic acids is 2. The Hall–Kier alpha value is -1.55. The van der Waals surface area contributed by atoms with Gasteiger partial charge in [0.15, 0.2) is 0 Å². The first-order chi connectivity index (χ1) is 8.65. The highest BCUT2D eigenvalue weighted by molar-refractivity contribution is 6.33. The highest BCUT2D eigenvalue weighted by Crippen LogP contribution is 2.20. The van der Waals surface area contributed by atoms with Crippen LogP contribution in [0.5, 0.6) is 0 Å². The number of amides is 2. The summed E-state index contributed by atoms with van der Waals surface area (Å²) < 4.78 is 0. The molecular weight excluding hydrogens is 252 g/mol. The molecule has 1 aliphatic rings. The van der Waals surface area contributed by atoms with Crippen LogP contribution < -0.4 is 5.32 Å². The molecule has 0 saturated carbocycles. The van der Waals surface area contributed by atoms with Crippen molar-refractivity contribution in [1.29, 1.82) is 0 Å². The standard InChI is InChI=1S/C13H15ClN2O2/c1-2-11-12(17)15-7-8-16(11)13(18)9-5-3-4-6-10(9)14/h3-6,11H,2,7-8H2,1H3,(H,15,17). The highest BCUT2D eigenvalue weighted by Gasteiger charge is 2.32. The van der Waals surface area contributed by atoms with E-state index in [1.165, 1.54) is 0 Å². The van der Waals surface area contributed by atoms with Crippen molar-refractivity contribution < 1.29 is 9.59 Å². The van der Waals surface area contributed by atoms with Crippen LogP contribution in [0.3, 0.4) is 0 Å². The first-order valence-corrected chi connectivity index (χ1v) is 6.36. The Labute approximate surface area is 111 Å². The zero-order valence-corrected chi connectivity index (χ0v) is 10.9. The molecule has 1 unspecified atom stereocenters. The second-order valence-electron chi connectivity index (χ2n) is 4.19. The van der Waals surface area contributed by atoms with E-state index in [4.69, 9.17) is 11.6 Å². The van der Waals surface area contributed by atoms with Gasteiger partial charge in [-0.15, -0.1) is 0 Å². The maximum Gasteiger partial charge on any atom is 0.256 e. The summed E-state index contributed by atoms with van der Waals surface area (Å²) in [5.74, 6) is -0.272. The Morgan fingerprint density at radius 3 is 2.89 bits per heavy atom. The second kappa shape index (κ2) is 5.40. The third-order valence-corrected chi connectivity index (χ3v) is 3.41. The second-order valence-corrected chi connectivity index (χ2v) is 4.60. The van der Waals surface area contributed by atoms with Crippen LogP contribution >= 0.6 is 11.6 Å². The molecule has 0 aliphatic carbocycles. The van der Waals surface area contributed by atoms with Gasteiger partial charge in [-0.05, 0) is 18.6 Å². The average molecular weight is 267 g/mol. The summed E-state index contributed by atoms with van der Waals surface area (Å²) in [6.45, 7) is 2.91. The minimum atomic E-state index is -0.400. The van der Waals surface area contributed by atoms with E-state index in [1.807, 2.05) is 6.92 Å². The third-order valence-electron chi connectivity index (χ3n) is 3.08. The summed E-state index contributed by atoms with van der Waals surface area (Å²) in [6, 6.07) is 6.51. The zero-order valence-electron chi connectivity index (χ0n) is 10.1. The van der Waals surface area contributed by atoms with E-state index in [2.05, 4.69) is 5.32 Å². The van der Waals surface area contributed by atoms with Gasteiger partial charge in [0.05, 0.1) is 10.6 Å². The maximum absolute atomic E-state index is 12.4. The summed E-state index contributed by atoms with van der Waals surface area (Å²) in [5.41, 5.74) is 0.451. The molecule has 1 aromatic rings. The molecule has 0 radical (unpaired) electrons. The quantitative estimate of drug-likeness (QED) is 0.886. The van der Waals surface area contributed by atoms with E-state index in [1.54, 1.807) is 29.2 Å². The van der Waals surface area contributed by atoms with E-state index in [0.717, 1.165) is 0 Å². The summed E-state index contributed by atoms with van der Waals surface area (Å²) in [4.78, 5) is 25.7. The Morgan fingerprint density at radius 1 is 1.50 bits per heavy atom. The van der Waals surface area contributed by atoms with Crippen molar-refractivity contribution in [2.24, 2.45) is 0 Å². The van der Waals surface area contributed by atoms with Gasteiger partial charge in [0.2, 0.25) is 5.91 Å². The van der Waals surface area contributed by atoms with Crippen molar-refractivity contribution in [3.63, 3.8) is 0 Å². The molecular formula is C13H15ClN2O2. The fourth-order valence-corrected chi connectivity index (χ4v) is 2.37. The van der Waals surface area contributed by atoms with Gasteiger partial charge < -0.3 is 10.2 Å². The molecule has 2 rings (SSSR count). The summed E-state index contributed by atoms with van der Waals surface area (Å²) in [7, 11) is 0. The number of nitrogens with zero attached hydrogens (tertiary/aromatic N) is 1. The molecule has 2 amide bonds. The van der Waals surface area contributed by atoms with Crippen molar-refractivity contribution in [2.75, 3.05) is 13.1 Å². The molecule has 0 aromatic heterocycles. The number of nitrogens with one attached hydrogen (secondary N) is 1. The maximum atomic E-state index is 12.4.